The summed E-state index contributed by atoms with van der Waals surface area (Å²) in [5, 5.41) is 8.67. The predicted molar refractivity (Wildman–Crippen MR) is 247 cm³/mol. The van der Waals surface area contributed by atoms with Gasteiger partial charge in [-0.05, 0) is 102 Å². The minimum atomic E-state index is -0.316. The van der Waals surface area contributed by atoms with E-state index in [9.17, 15) is 4.79 Å². The number of amides is 1. The summed E-state index contributed by atoms with van der Waals surface area (Å²) in [6.45, 7) is 6.15. The molecule has 0 unspecified atom stereocenters. The molecule has 3 aromatic carbocycles. The fourth-order valence-electron chi connectivity index (χ4n) is 9.23. The number of aromatic amines is 3. The SMILES string of the molecule is Clc1cc(N2CCc3ccncc3C2)c2cc[nH]c2c1.Clc1cc(N2CCc3cnccc3C2)c2cc[nH]c2c1.O=C1NCC2(CCN(c3cc(Cl)cc4[nH]ccc34)CC2)O1. The zero-order valence-electron chi connectivity index (χ0n) is 33.4. The summed E-state index contributed by atoms with van der Waals surface area (Å²) in [5.41, 5.74) is 11.9. The number of ether oxygens (including phenoxy) is 1. The first-order chi connectivity index (χ1) is 29.8. The molecule has 0 bridgehead atoms. The summed E-state index contributed by atoms with van der Waals surface area (Å²) in [4.78, 5) is 36.5. The van der Waals surface area contributed by atoms with Crippen LogP contribution in [0.15, 0.2) is 110 Å². The molecule has 310 valence electrons. The Bertz CT molecular complexity index is 2750. The van der Waals surface area contributed by atoms with Gasteiger partial charge in [-0.2, -0.15) is 0 Å². The molecule has 4 aliphatic rings. The first kappa shape index (κ1) is 39.3. The number of alkyl carbamates (subject to hydrolysis) is 1. The fourth-order valence-corrected chi connectivity index (χ4v) is 9.87. The lowest BCUT2D eigenvalue weighted by molar-refractivity contribution is 0.0367. The highest BCUT2D eigenvalue weighted by Gasteiger charge is 2.43. The zero-order chi connectivity index (χ0) is 41.5. The molecule has 4 aliphatic heterocycles. The Kier molecular flexibility index (Phi) is 10.6. The van der Waals surface area contributed by atoms with Crippen LogP contribution < -0.4 is 20.0 Å². The van der Waals surface area contributed by atoms with E-state index in [4.69, 9.17) is 39.5 Å². The molecule has 0 radical (unpaired) electrons. The van der Waals surface area contributed by atoms with Gasteiger partial charge in [-0.25, -0.2) is 4.79 Å². The second-order valence-electron chi connectivity index (χ2n) is 16.1. The lowest BCUT2D eigenvalue weighted by atomic mass is 9.91. The van der Waals surface area contributed by atoms with E-state index < -0.39 is 0 Å². The quantitative estimate of drug-likeness (QED) is 0.140. The van der Waals surface area contributed by atoms with E-state index in [2.05, 4.69) is 87.4 Å². The number of hydrogen-bond donors (Lipinski definition) is 4. The number of piperidine rings is 1. The molecule has 8 aromatic rings. The van der Waals surface area contributed by atoms with Crippen molar-refractivity contribution in [2.45, 2.75) is 44.4 Å². The molecular weight excluding hydrogens is 829 g/mol. The van der Waals surface area contributed by atoms with Gasteiger partial charge in [-0.1, -0.05) is 34.8 Å². The maximum absolute atomic E-state index is 11.3. The molecule has 12 rings (SSSR count). The van der Waals surface area contributed by atoms with E-state index in [-0.39, 0.29) is 11.7 Å². The smallest absolute Gasteiger partial charge is 0.407 e. The minimum absolute atomic E-state index is 0.292. The maximum atomic E-state index is 11.3. The Morgan fingerprint density at radius 1 is 0.557 bits per heavy atom. The summed E-state index contributed by atoms with van der Waals surface area (Å²) in [6, 6.07) is 22.5. The number of pyridine rings is 2. The van der Waals surface area contributed by atoms with Crippen LogP contribution in [0.2, 0.25) is 15.1 Å². The van der Waals surface area contributed by atoms with Gasteiger partial charge in [0.2, 0.25) is 0 Å². The highest BCUT2D eigenvalue weighted by molar-refractivity contribution is 6.32. The van der Waals surface area contributed by atoms with Crippen molar-refractivity contribution in [1.29, 1.82) is 0 Å². The van der Waals surface area contributed by atoms with Crippen molar-refractivity contribution in [1.82, 2.24) is 30.2 Å². The lowest BCUT2D eigenvalue weighted by Gasteiger charge is -2.38. The molecule has 9 heterocycles. The van der Waals surface area contributed by atoms with Gasteiger partial charge in [-0.15, -0.1) is 0 Å². The number of carbonyl (C=O) groups excluding carboxylic acids is 1. The van der Waals surface area contributed by atoms with Gasteiger partial charge in [0.15, 0.2) is 0 Å². The van der Waals surface area contributed by atoms with Crippen molar-refractivity contribution < 1.29 is 9.53 Å². The fraction of sp³-hybridized carbons (Fsp3) is 0.255. The first-order valence-electron chi connectivity index (χ1n) is 20.6. The number of H-pyrrole nitrogens is 3. The lowest BCUT2D eigenvalue weighted by Crippen LogP contribution is -2.46. The monoisotopic (exact) mass is 871 g/mol. The predicted octanol–water partition coefficient (Wildman–Crippen LogP) is 10.5. The zero-order valence-corrected chi connectivity index (χ0v) is 35.6. The van der Waals surface area contributed by atoms with Gasteiger partial charge in [0.1, 0.15) is 5.60 Å². The van der Waals surface area contributed by atoms with Crippen LogP contribution in [0.3, 0.4) is 0 Å². The van der Waals surface area contributed by atoms with Crippen LogP contribution in [0.5, 0.6) is 0 Å². The second kappa shape index (κ2) is 16.5. The van der Waals surface area contributed by atoms with Crippen molar-refractivity contribution in [3.63, 3.8) is 0 Å². The highest BCUT2D eigenvalue weighted by atomic mass is 35.5. The molecule has 11 nitrogen and oxygen atoms in total. The van der Waals surface area contributed by atoms with Crippen molar-refractivity contribution in [2.24, 2.45) is 0 Å². The number of anilines is 3. The van der Waals surface area contributed by atoms with E-state index in [1.54, 1.807) is 0 Å². The number of nitrogens with one attached hydrogen (secondary N) is 4. The first-order valence-corrected chi connectivity index (χ1v) is 21.8. The molecular formula is C47H44Cl3N9O2. The molecule has 14 heteroatoms. The van der Waals surface area contributed by atoms with Crippen LogP contribution in [-0.4, -0.2) is 69.3 Å². The minimum Gasteiger partial charge on any atom is -0.441 e. The second-order valence-corrected chi connectivity index (χ2v) is 17.4. The highest BCUT2D eigenvalue weighted by Crippen LogP contribution is 2.37. The number of carbonyl (C=O) groups is 1. The van der Waals surface area contributed by atoms with Crippen LogP contribution in [0.25, 0.3) is 32.7 Å². The number of fused-ring (bicyclic) bond motifs is 5. The molecule has 1 amide bonds. The van der Waals surface area contributed by atoms with E-state index in [1.807, 2.05) is 67.6 Å². The topological polar surface area (TPSA) is 121 Å². The summed E-state index contributed by atoms with van der Waals surface area (Å²) in [6.07, 6.45) is 17.0. The summed E-state index contributed by atoms with van der Waals surface area (Å²) in [5.74, 6) is 0. The normalized spacial score (nSPS) is 16.7. The maximum Gasteiger partial charge on any atom is 0.407 e. The van der Waals surface area contributed by atoms with Gasteiger partial charge in [-0.3, -0.25) is 9.97 Å². The largest absolute Gasteiger partial charge is 0.441 e. The summed E-state index contributed by atoms with van der Waals surface area (Å²) in [7, 11) is 0. The van der Waals surface area contributed by atoms with Crippen molar-refractivity contribution in [3.05, 3.63) is 147 Å². The third-order valence-corrected chi connectivity index (χ3v) is 13.1. The Morgan fingerprint density at radius 3 is 1.56 bits per heavy atom. The van der Waals surface area contributed by atoms with Gasteiger partial charge < -0.3 is 39.7 Å². The number of halogens is 3. The average molecular weight is 873 g/mol. The average Bonchev–Trinajstić information content (AvgIpc) is 4.12. The van der Waals surface area contributed by atoms with Crippen molar-refractivity contribution in [3.8, 4) is 0 Å². The molecule has 61 heavy (non-hydrogen) atoms. The number of hydrogen-bond acceptors (Lipinski definition) is 7. The Hall–Kier alpha value is -5.88. The number of nitrogens with zero attached hydrogens (tertiary/aromatic N) is 5. The van der Waals surface area contributed by atoms with Gasteiger partial charge in [0.05, 0.1) is 6.54 Å². The standard InChI is InChI=1S/2C16H14ClN3.C15H16ClN3O2/c17-13-7-15-14(2-5-19-15)16(8-13)20-6-3-11-9-18-4-1-12(11)10-20;17-13-7-15-14(2-5-19-15)16(8-13)20-6-3-11-1-4-18-9-12(11)10-20;16-10-7-12-11(1-4-17-12)13(8-10)19-5-2-15(3-6-19)9-18-14(20)21-15/h2*1-2,4-5,7-9,19H,3,6,10H2;1,4,7-8,17H,2-3,5-6,9H2,(H,18,20). The van der Waals surface area contributed by atoms with Gasteiger partial charge in [0, 0.05) is 160 Å². The molecule has 5 aromatic heterocycles. The van der Waals surface area contributed by atoms with Gasteiger partial charge in [0.25, 0.3) is 0 Å². The Labute approximate surface area is 368 Å². The van der Waals surface area contributed by atoms with Crippen LogP contribution in [-0.2, 0) is 30.7 Å². The van der Waals surface area contributed by atoms with E-state index in [0.29, 0.717) is 6.54 Å². The Morgan fingerprint density at radius 2 is 1.03 bits per heavy atom. The number of benzene rings is 3. The molecule has 4 N–H and O–H groups in total. The summed E-state index contributed by atoms with van der Waals surface area (Å²) < 4.78 is 5.46. The van der Waals surface area contributed by atoms with E-state index >= 15 is 0 Å². The molecule has 2 fully saturated rings. The van der Waals surface area contributed by atoms with E-state index in [1.165, 1.54) is 49.8 Å². The molecule has 0 aliphatic carbocycles. The van der Waals surface area contributed by atoms with Crippen molar-refractivity contribution >= 4 is 90.7 Å². The molecule has 0 saturated carbocycles. The summed E-state index contributed by atoms with van der Waals surface area (Å²) >= 11 is 18.7. The third kappa shape index (κ3) is 8.05. The number of aromatic nitrogens is 5. The van der Waals surface area contributed by atoms with Crippen LogP contribution >= 0.6 is 34.8 Å². The molecule has 2 saturated heterocycles. The number of rotatable bonds is 3. The van der Waals surface area contributed by atoms with E-state index in [0.717, 1.165) is 102 Å². The van der Waals surface area contributed by atoms with Gasteiger partial charge >= 0.3 is 6.09 Å². The van der Waals surface area contributed by atoms with Crippen molar-refractivity contribution in [2.75, 3.05) is 47.4 Å². The molecule has 1 spiro atoms. The molecule has 0 atom stereocenters. The van der Waals surface area contributed by atoms with Crippen LogP contribution in [0.4, 0.5) is 21.9 Å². The Balaban J connectivity index is 0.000000110. The third-order valence-electron chi connectivity index (χ3n) is 12.4. The van der Waals surface area contributed by atoms with Crippen LogP contribution in [0.1, 0.15) is 35.1 Å². The van der Waals surface area contributed by atoms with Crippen LogP contribution in [0, 0.1) is 0 Å².